The summed E-state index contributed by atoms with van der Waals surface area (Å²) in [5, 5.41) is 0. The van der Waals surface area contributed by atoms with Crippen molar-refractivity contribution in [2.45, 2.75) is 40.0 Å². The molecule has 0 aromatic heterocycles. The van der Waals surface area contributed by atoms with Crippen molar-refractivity contribution in [3.05, 3.63) is 0 Å². The molecule has 1 amide bonds. The Morgan fingerprint density at radius 2 is 1.71 bits per heavy atom. The predicted octanol–water partition coefficient (Wildman–Crippen LogP) is 2.06. The SMILES string of the molecule is CCCN(CCC)C(=O)CCOCC. The lowest BCUT2D eigenvalue weighted by Gasteiger charge is -2.21. The molecule has 84 valence electrons. The molecule has 0 fully saturated rings. The highest BCUT2D eigenvalue weighted by Gasteiger charge is 2.10. The van der Waals surface area contributed by atoms with Gasteiger partial charge in [0.1, 0.15) is 0 Å². The topological polar surface area (TPSA) is 29.5 Å². The van der Waals surface area contributed by atoms with Gasteiger partial charge in [0, 0.05) is 19.7 Å². The maximum Gasteiger partial charge on any atom is 0.224 e. The van der Waals surface area contributed by atoms with Gasteiger partial charge in [0.25, 0.3) is 0 Å². The Morgan fingerprint density at radius 3 is 2.14 bits per heavy atom. The first kappa shape index (κ1) is 13.4. The second kappa shape index (κ2) is 9.00. The van der Waals surface area contributed by atoms with E-state index in [1.165, 1.54) is 0 Å². The average molecular weight is 201 g/mol. The molecule has 0 saturated heterocycles. The van der Waals surface area contributed by atoms with Gasteiger partial charge in [-0.2, -0.15) is 0 Å². The molecule has 3 heteroatoms. The summed E-state index contributed by atoms with van der Waals surface area (Å²) in [6.07, 6.45) is 2.58. The lowest BCUT2D eigenvalue weighted by Crippen LogP contribution is -2.33. The van der Waals surface area contributed by atoms with Gasteiger partial charge in [-0.05, 0) is 19.8 Å². The van der Waals surface area contributed by atoms with E-state index in [9.17, 15) is 4.79 Å². The first-order chi connectivity index (χ1) is 6.76. The molecule has 0 atom stereocenters. The first-order valence-corrected chi connectivity index (χ1v) is 5.61. The van der Waals surface area contributed by atoms with Gasteiger partial charge in [0.2, 0.25) is 5.91 Å². The third kappa shape index (κ3) is 5.97. The number of rotatable bonds is 8. The molecule has 0 spiro atoms. The fraction of sp³-hybridized carbons (Fsp3) is 0.909. The molecule has 0 aliphatic heterocycles. The molecule has 0 aromatic carbocycles. The molecule has 3 nitrogen and oxygen atoms in total. The van der Waals surface area contributed by atoms with Crippen LogP contribution in [-0.2, 0) is 9.53 Å². The van der Waals surface area contributed by atoms with Gasteiger partial charge in [0.05, 0.1) is 13.0 Å². The van der Waals surface area contributed by atoms with E-state index in [-0.39, 0.29) is 5.91 Å². The van der Waals surface area contributed by atoms with Crippen LogP contribution in [0.25, 0.3) is 0 Å². The highest BCUT2D eigenvalue weighted by Crippen LogP contribution is 1.98. The van der Waals surface area contributed by atoms with E-state index >= 15 is 0 Å². The van der Waals surface area contributed by atoms with Gasteiger partial charge in [-0.15, -0.1) is 0 Å². The second-order valence-electron chi connectivity index (χ2n) is 3.33. The van der Waals surface area contributed by atoms with E-state index < -0.39 is 0 Å². The smallest absolute Gasteiger partial charge is 0.224 e. The van der Waals surface area contributed by atoms with Crippen LogP contribution in [0.5, 0.6) is 0 Å². The van der Waals surface area contributed by atoms with Crippen molar-refractivity contribution in [1.82, 2.24) is 4.90 Å². The molecule has 14 heavy (non-hydrogen) atoms. The van der Waals surface area contributed by atoms with Crippen LogP contribution in [0.15, 0.2) is 0 Å². The molecular formula is C11H23NO2. The standard InChI is InChI=1S/C11H23NO2/c1-4-8-12(9-5-2)11(13)7-10-14-6-3/h4-10H2,1-3H3. The van der Waals surface area contributed by atoms with Crippen molar-refractivity contribution in [1.29, 1.82) is 0 Å². The van der Waals surface area contributed by atoms with E-state index in [2.05, 4.69) is 13.8 Å². The Balaban J connectivity index is 3.76. The zero-order valence-corrected chi connectivity index (χ0v) is 9.71. The number of nitrogens with zero attached hydrogens (tertiary/aromatic N) is 1. The number of ether oxygens (including phenoxy) is 1. The molecule has 0 heterocycles. The molecule has 0 aliphatic rings. The van der Waals surface area contributed by atoms with E-state index in [4.69, 9.17) is 4.74 Å². The van der Waals surface area contributed by atoms with Crippen LogP contribution in [0.2, 0.25) is 0 Å². The Labute approximate surface area is 87.4 Å². The number of hydrogen-bond donors (Lipinski definition) is 0. The van der Waals surface area contributed by atoms with Crippen LogP contribution in [-0.4, -0.2) is 37.1 Å². The zero-order valence-electron chi connectivity index (χ0n) is 9.71. The highest BCUT2D eigenvalue weighted by molar-refractivity contribution is 5.76. The van der Waals surface area contributed by atoms with Gasteiger partial charge >= 0.3 is 0 Å². The minimum atomic E-state index is 0.224. The second-order valence-corrected chi connectivity index (χ2v) is 3.33. The number of amides is 1. The first-order valence-electron chi connectivity index (χ1n) is 5.61. The van der Waals surface area contributed by atoms with Crippen LogP contribution in [0.4, 0.5) is 0 Å². The van der Waals surface area contributed by atoms with Crippen molar-refractivity contribution in [2.75, 3.05) is 26.3 Å². The van der Waals surface area contributed by atoms with Crippen molar-refractivity contribution in [2.24, 2.45) is 0 Å². The fourth-order valence-electron chi connectivity index (χ4n) is 1.36. The largest absolute Gasteiger partial charge is 0.381 e. The maximum atomic E-state index is 11.6. The van der Waals surface area contributed by atoms with Crippen molar-refractivity contribution < 1.29 is 9.53 Å². The summed E-state index contributed by atoms with van der Waals surface area (Å²) in [6.45, 7) is 9.13. The monoisotopic (exact) mass is 201 g/mol. The predicted molar refractivity (Wildman–Crippen MR) is 58.3 cm³/mol. The number of carbonyl (C=O) groups is 1. The quantitative estimate of drug-likeness (QED) is 0.563. The minimum absolute atomic E-state index is 0.224. The summed E-state index contributed by atoms with van der Waals surface area (Å²) in [6, 6.07) is 0. The summed E-state index contributed by atoms with van der Waals surface area (Å²) in [4.78, 5) is 13.6. The molecule has 0 aliphatic carbocycles. The lowest BCUT2D eigenvalue weighted by molar-refractivity contribution is -0.132. The summed E-state index contributed by atoms with van der Waals surface area (Å²) < 4.78 is 5.16. The molecule has 0 saturated carbocycles. The molecule has 0 bridgehead atoms. The fourth-order valence-corrected chi connectivity index (χ4v) is 1.36. The van der Waals surface area contributed by atoms with E-state index in [1.54, 1.807) is 0 Å². The molecule has 0 radical (unpaired) electrons. The number of carbonyl (C=O) groups excluding carboxylic acids is 1. The Bertz CT molecular complexity index is 142. The minimum Gasteiger partial charge on any atom is -0.381 e. The lowest BCUT2D eigenvalue weighted by atomic mass is 10.3. The van der Waals surface area contributed by atoms with Gasteiger partial charge < -0.3 is 9.64 Å². The molecule has 0 aromatic rings. The summed E-state index contributed by atoms with van der Waals surface area (Å²) in [7, 11) is 0. The van der Waals surface area contributed by atoms with Gasteiger partial charge in [-0.3, -0.25) is 4.79 Å². The summed E-state index contributed by atoms with van der Waals surface area (Å²) in [5.41, 5.74) is 0. The van der Waals surface area contributed by atoms with Crippen LogP contribution in [0, 0.1) is 0 Å². The third-order valence-corrected chi connectivity index (χ3v) is 2.00. The van der Waals surface area contributed by atoms with Crippen molar-refractivity contribution in [3.63, 3.8) is 0 Å². The summed E-state index contributed by atoms with van der Waals surface area (Å²) in [5.74, 6) is 0.224. The van der Waals surface area contributed by atoms with Crippen LogP contribution < -0.4 is 0 Å². The van der Waals surface area contributed by atoms with E-state index in [0.29, 0.717) is 19.6 Å². The summed E-state index contributed by atoms with van der Waals surface area (Å²) >= 11 is 0. The molecule has 0 N–H and O–H groups in total. The van der Waals surface area contributed by atoms with Crippen LogP contribution in [0.1, 0.15) is 40.0 Å². The molecule has 0 rings (SSSR count). The average Bonchev–Trinajstić information content (AvgIpc) is 2.18. The Morgan fingerprint density at radius 1 is 1.14 bits per heavy atom. The van der Waals surface area contributed by atoms with E-state index in [0.717, 1.165) is 25.9 Å². The third-order valence-electron chi connectivity index (χ3n) is 2.00. The zero-order chi connectivity index (χ0) is 10.8. The molecule has 0 unspecified atom stereocenters. The van der Waals surface area contributed by atoms with Crippen molar-refractivity contribution in [3.8, 4) is 0 Å². The molecular weight excluding hydrogens is 178 g/mol. The number of hydrogen-bond acceptors (Lipinski definition) is 2. The Hall–Kier alpha value is -0.570. The normalized spacial score (nSPS) is 10.2. The van der Waals surface area contributed by atoms with Crippen LogP contribution >= 0.6 is 0 Å². The van der Waals surface area contributed by atoms with Gasteiger partial charge in [-0.25, -0.2) is 0 Å². The van der Waals surface area contributed by atoms with E-state index in [1.807, 2.05) is 11.8 Å². The van der Waals surface area contributed by atoms with Gasteiger partial charge in [-0.1, -0.05) is 13.8 Å². The van der Waals surface area contributed by atoms with Gasteiger partial charge in [0.15, 0.2) is 0 Å². The van der Waals surface area contributed by atoms with Crippen molar-refractivity contribution >= 4 is 5.91 Å². The highest BCUT2D eigenvalue weighted by atomic mass is 16.5. The van der Waals surface area contributed by atoms with Crippen LogP contribution in [0.3, 0.4) is 0 Å². The Kier molecular flexibility index (Phi) is 8.64. The maximum absolute atomic E-state index is 11.6.